The minimum atomic E-state index is 0.659. The second-order valence-electron chi connectivity index (χ2n) is 6.23. The first kappa shape index (κ1) is 18.8. The van der Waals surface area contributed by atoms with Crippen LogP contribution in [0.2, 0.25) is 5.02 Å². The maximum atomic E-state index is 5.94. The van der Waals surface area contributed by atoms with Crippen molar-refractivity contribution >= 4 is 29.1 Å². The molecule has 0 atom stereocenters. The molecule has 1 heterocycles. The molecule has 2 aromatic carbocycles. The number of rotatable bonds is 7. The molecular formula is C20H23ClN4S. The van der Waals surface area contributed by atoms with E-state index in [0.29, 0.717) is 6.54 Å². The van der Waals surface area contributed by atoms with E-state index >= 15 is 0 Å². The summed E-state index contributed by atoms with van der Waals surface area (Å²) in [5, 5.41) is 13.9. The molecule has 4 nitrogen and oxygen atoms in total. The van der Waals surface area contributed by atoms with Gasteiger partial charge in [-0.25, -0.2) is 0 Å². The van der Waals surface area contributed by atoms with Gasteiger partial charge in [0.2, 0.25) is 0 Å². The van der Waals surface area contributed by atoms with Gasteiger partial charge in [-0.05, 0) is 50.1 Å². The van der Waals surface area contributed by atoms with E-state index in [2.05, 4.69) is 59.1 Å². The van der Waals surface area contributed by atoms with Gasteiger partial charge in [-0.1, -0.05) is 53.2 Å². The van der Waals surface area contributed by atoms with E-state index in [1.54, 1.807) is 11.8 Å². The summed E-state index contributed by atoms with van der Waals surface area (Å²) >= 11 is 7.64. The molecule has 0 aliphatic rings. The zero-order valence-corrected chi connectivity index (χ0v) is 16.9. The van der Waals surface area contributed by atoms with E-state index in [1.807, 2.05) is 24.3 Å². The summed E-state index contributed by atoms with van der Waals surface area (Å²) in [7, 11) is 0. The number of halogens is 1. The van der Waals surface area contributed by atoms with Crippen molar-refractivity contribution in [3.8, 4) is 0 Å². The number of aromatic nitrogens is 3. The summed E-state index contributed by atoms with van der Waals surface area (Å²) in [6.45, 7) is 7.85. The molecule has 1 aromatic heterocycles. The fraction of sp³-hybridized carbons (Fsp3) is 0.300. The number of aryl methyl sites for hydroxylation is 2. The Balaban J connectivity index is 1.66. The van der Waals surface area contributed by atoms with Crippen LogP contribution < -0.4 is 5.32 Å². The van der Waals surface area contributed by atoms with Gasteiger partial charge in [-0.3, -0.25) is 0 Å². The molecule has 6 heteroatoms. The van der Waals surface area contributed by atoms with Gasteiger partial charge in [0.1, 0.15) is 0 Å². The summed E-state index contributed by atoms with van der Waals surface area (Å²) in [6.07, 6.45) is 0. The monoisotopic (exact) mass is 386 g/mol. The van der Waals surface area contributed by atoms with Crippen LogP contribution in [-0.2, 0) is 18.8 Å². The number of hydrogen-bond acceptors (Lipinski definition) is 4. The van der Waals surface area contributed by atoms with Crippen LogP contribution in [0.5, 0.6) is 0 Å². The molecule has 0 unspecified atom stereocenters. The van der Waals surface area contributed by atoms with Crippen LogP contribution in [0.1, 0.15) is 29.4 Å². The molecule has 1 N–H and O–H groups in total. The number of nitrogens with zero attached hydrogens (tertiary/aromatic N) is 3. The third-order valence-electron chi connectivity index (χ3n) is 4.21. The lowest BCUT2D eigenvalue weighted by atomic mass is 10.1. The Hall–Kier alpha value is -1.98. The van der Waals surface area contributed by atoms with E-state index in [-0.39, 0.29) is 0 Å². The van der Waals surface area contributed by atoms with Crippen molar-refractivity contribution in [3.63, 3.8) is 0 Å². The van der Waals surface area contributed by atoms with Crippen LogP contribution in [0, 0.1) is 13.8 Å². The summed E-state index contributed by atoms with van der Waals surface area (Å²) in [4.78, 5) is 0. The predicted molar refractivity (Wildman–Crippen MR) is 110 cm³/mol. The smallest absolute Gasteiger partial charge is 0.191 e. The van der Waals surface area contributed by atoms with E-state index in [9.17, 15) is 0 Å². The van der Waals surface area contributed by atoms with Crippen LogP contribution in [0.25, 0.3) is 0 Å². The summed E-state index contributed by atoms with van der Waals surface area (Å²) < 4.78 is 2.16. The first-order valence-electron chi connectivity index (χ1n) is 8.67. The summed E-state index contributed by atoms with van der Waals surface area (Å²) in [6, 6.07) is 14.3. The predicted octanol–water partition coefficient (Wildman–Crippen LogP) is 5.47. The van der Waals surface area contributed by atoms with Crippen molar-refractivity contribution in [1.82, 2.24) is 14.8 Å². The van der Waals surface area contributed by atoms with Crippen LogP contribution in [0.4, 0.5) is 5.69 Å². The highest BCUT2D eigenvalue weighted by atomic mass is 35.5. The quantitative estimate of drug-likeness (QED) is 0.546. The summed E-state index contributed by atoms with van der Waals surface area (Å²) in [5.74, 6) is 1.80. The van der Waals surface area contributed by atoms with Gasteiger partial charge in [-0.2, -0.15) is 0 Å². The lowest BCUT2D eigenvalue weighted by Gasteiger charge is -2.11. The van der Waals surface area contributed by atoms with Gasteiger partial charge in [0, 0.05) is 23.0 Å². The molecule has 3 aromatic rings. The van der Waals surface area contributed by atoms with Crippen LogP contribution in [0.15, 0.2) is 47.6 Å². The van der Waals surface area contributed by atoms with Gasteiger partial charge in [0.15, 0.2) is 11.0 Å². The fourth-order valence-corrected chi connectivity index (χ4v) is 3.89. The Labute approximate surface area is 164 Å². The SMILES string of the molecule is CCn1c(CNc2ccc(C)cc2C)nnc1SCc1ccc(Cl)cc1. The molecule has 0 fully saturated rings. The van der Waals surface area contributed by atoms with Crippen molar-refractivity contribution < 1.29 is 0 Å². The second-order valence-corrected chi connectivity index (χ2v) is 7.61. The average molecular weight is 387 g/mol. The Morgan fingerprint density at radius 1 is 1.08 bits per heavy atom. The molecule has 0 saturated heterocycles. The van der Waals surface area contributed by atoms with Crippen LogP contribution >= 0.6 is 23.4 Å². The van der Waals surface area contributed by atoms with Gasteiger partial charge >= 0.3 is 0 Å². The third kappa shape index (κ3) is 4.59. The van der Waals surface area contributed by atoms with Gasteiger partial charge in [-0.15, -0.1) is 10.2 Å². The van der Waals surface area contributed by atoms with Crippen LogP contribution in [-0.4, -0.2) is 14.8 Å². The number of hydrogen-bond donors (Lipinski definition) is 1. The Morgan fingerprint density at radius 3 is 2.54 bits per heavy atom. The second kappa shape index (κ2) is 8.60. The van der Waals surface area contributed by atoms with E-state index in [1.165, 1.54) is 16.7 Å². The first-order chi connectivity index (χ1) is 12.6. The van der Waals surface area contributed by atoms with Gasteiger partial charge in [0.05, 0.1) is 6.54 Å². The number of benzene rings is 2. The van der Waals surface area contributed by atoms with Gasteiger partial charge in [0.25, 0.3) is 0 Å². The standard InChI is InChI=1S/C20H23ClN4S/c1-4-25-19(12-22-18-10-5-14(2)11-15(18)3)23-24-20(25)26-13-16-6-8-17(21)9-7-16/h5-11,22H,4,12-13H2,1-3H3. The highest BCUT2D eigenvalue weighted by molar-refractivity contribution is 7.98. The molecular weight excluding hydrogens is 364 g/mol. The lowest BCUT2D eigenvalue weighted by Crippen LogP contribution is -2.09. The zero-order chi connectivity index (χ0) is 18.5. The molecule has 136 valence electrons. The van der Waals surface area contributed by atoms with Crippen molar-refractivity contribution in [1.29, 1.82) is 0 Å². The Morgan fingerprint density at radius 2 is 1.85 bits per heavy atom. The molecule has 0 amide bonds. The Kier molecular flexibility index (Phi) is 6.22. The molecule has 0 spiro atoms. The highest BCUT2D eigenvalue weighted by Gasteiger charge is 2.12. The average Bonchev–Trinajstić information content (AvgIpc) is 3.02. The maximum Gasteiger partial charge on any atom is 0.191 e. The summed E-state index contributed by atoms with van der Waals surface area (Å²) in [5.41, 5.74) is 4.87. The zero-order valence-electron chi connectivity index (χ0n) is 15.3. The van der Waals surface area contributed by atoms with Crippen molar-refractivity contribution in [2.45, 2.75) is 44.8 Å². The Bertz CT molecular complexity index is 874. The molecule has 3 rings (SSSR count). The molecule has 0 saturated carbocycles. The van der Waals surface area contributed by atoms with Crippen molar-refractivity contribution in [2.75, 3.05) is 5.32 Å². The fourth-order valence-electron chi connectivity index (χ4n) is 2.79. The van der Waals surface area contributed by atoms with E-state index in [4.69, 9.17) is 11.6 Å². The van der Waals surface area contributed by atoms with Crippen molar-refractivity contribution in [2.24, 2.45) is 0 Å². The third-order valence-corrected chi connectivity index (χ3v) is 5.50. The van der Waals surface area contributed by atoms with Crippen LogP contribution in [0.3, 0.4) is 0 Å². The normalized spacial score (nSPS) is 10.9. The van der Waals surface area contributed by atoms with Gasteiger partial charge < -0.3 is 9.88 Å². The molecule has 0 aliphatic heterocycles. The minimum absolute atomic E-state index is 0.659. The molecule has 26 heavy (non-hydrogen) atoms. The minimum Gasteiger partial charge on any atom is -0.378 e. The van der Waals surface area contributed by atoms with E-state index < -0.39 is 0 Å². The number of nitrogens with one attached hydrogen (secondary N) is 1. The number of anilines is 1. The maximum absolute atomic E-state index is 5.94. The molecule has 0 radical (unpaired) electrons. The molecule has 0 bridgehead atoms. The topological polar surface area (TPSA) is 42.7 Å². The van der Waals surface area contributed by atoms with Crippen molar-refractivity contribution in [3.05, 3.63) is 70.0 Å². The lowest BCUT2D eigenvalue weighted by molar-refractivity contribution is 0.648. The number of thioether (sulfide) groups is 1. The highest BCUT2D eigenvalue weighted by Crippen LogP contribution is 2.23. The first-order valence-corrected chi connectivity index (χ1v) is 10.0. The largest absolute Gasteiger partial charge is 0.378 e. The van der Waals surface area contributed by atoms with E-state index in [0.717, 1.165) is 34.0 Å². The molecule has 0 aliphatic carbocycles.